The minimum Gasteiger partial charge on any atom is -0.384 e. The number of aliphatic hydroxyl groups is 1. The molecule has 7 rings (SSSR count). The predicted molar refractivity (Wildman–Crippen MR) is 155 cm³/mol. The number of amides is 2. The molecule has 46 heavy (non-hydrogen) atoms. The van der Waals surface area contributed by atoms with Crippen molar-refractivity contribution in [1.29, 1.82) is 0 Å². The topological polar surface area (TPSA) is 142 Å². The Morgan fingerprint density at radius 1 is 1.20 bits per heavy atom. The van der Waals surface area contributed by atoms with E-state index in [2.05, 4.69) is 25.5 Å². The van der Waals surface area contributed by atoms with Gasteiger partial charge in [0.05, 0.1) is 34.6 Å². The zero-order chi connectivity index (χ0) is 32.8. The highest BCUT2D eigenvalue weighted by atomic mass is 19.3. The van der Waals surface area contributed by atoms with E-state index in [-0.39, 0.29) is 36.5 Å². The molecule has 1 spiro atoms. The van der Waals surface area contributed by atoms with Crippen molar-refractivity contribution in [2.45, 2.75) is 63.5 Å². The number of nitrogens with one attached hydrogen (secondary N) is 1. The number of halogens is 4. The van der Waals surface area contributed by atoms with Crippen LogP contribution in [0.25, 0.3) is 16.9 Å². The van der Waals surface area contributed by atoms with Crippen molar-refractivity contribution in [1.82, 2.24) is 29.6 Å². The second kappa shape index (κ2) is 10.2. The Labute approximate surface area is 259 Å². The number of likely N-dealkylation sites (tertiary alicyclic amines) is 1. The second-order valence-corrected chi connectivity index (χ2v) is 12.8. The van der Waals surface area contributed by atoms with E-state index in [1.807, 2.05) is 17.0 Å². The van der Waals surface area contributed by atoms with Crippen LogP contribution >= 0.6 is 0 Å². The van der Waals surface area contributed by atoms with Gasteiger partial charge in [0, 0.05) is 61.7 Å². The van der Waals surface area contributed by atoms with Gasteiger partial charge >= 0.3 is 5.92 Å². The van der Waals surface area contributed by atoms with Crippen LogP contribution in [0.15, 0.2) is 41.3 Å². The minimum absolute atomic E-state index is 0.0284. The maximum atomic E-state index is 13.5. The molecule has 2 amide bonds. The van der Waals surface area contributed by atoms with Gasteiger partial charge in [-0.15, -0.1) is 0 Å². The number of aromatic nitrogens is 5. The Balaban J connectivity index is 1.04. The largest absolute Gasteiger partial charge is 0.384 e. The van der Waals surface area contributed by atoms with E-state index < -0.39 is 41.7 Å². The molecule has 1 saturated carbocycles. The van der Waals surface area contributed by atoms with E-state index in [0.717, 1.165) is 10.6 Å². The molecule has 12 nitrogen and oxygen atoms in total. The van der Waals surface area contributed by atoms with Crippen LogP contribution in [0, 0.1) is 12.3 Å². The second-order valence-electron chi connectivity index (χ2n) is 12.8. The number of rotatable bonds is 7. The van der Waals surface area contributed by atoms with Crippen molar-refractivity contribution in [3.63, 3.8) is 0 Å². The standard InChI is InChI=1S/C30H30F4N8O4/c1-15-21(6-17(8-35-15)23-38-25(46-39-23)20-10-41(16(20)2)27(44)28(3,33)34)37-24(43)19-9-36-42-5-4-18(7-22(19)42)40-13-29(14-40)11-30(45,12-29)26(31)32/h4-9,16,20,26,45H,10-14H2,1-3H3,(H,37,43)/t16-,20+/m1/s1. The number of anilines is 2. The van der Waals surface area contributed by atoms with Crippen molar-refractivity contribution in [2.75, 3.05) is 29.9 Å². The number of hydrogen-bond acceptors (Lipinski definition) is 9. The first-order valence-corrected chi connectivity index (χ1v) is 14.7. The summed E-state index contributed by atoms with van der Waals surface area (Å²) in [5, 5.41) is 21.1. The van der Waals surface area contributed by atoms with Gasteiger partial charge in [0.15, 0.2) is 0 Å². The predicted octanol–water partition coefficient (Wildman–Crippen LogP) is 3.91. The molecule has 3 fully saturated rings. The number of alkyl halides is 4. The van der Waals surface area contributed by atoms with Crippen LogP contribution in [0.1, 0.15) is 54.5 Å². The molecule has 0 bridgehead atoms. The van der Waals surface area contributed by atoms with Crippen LogP contribution in [0.4, 0.5) is 28.9 Å². The van der Waals surface area contributed by atoms with Gasteiger partial charge in [0.1, 0.15) is 5.60 Å². The summed E-state index contributed by atoms with van der Waals surface area (Å²) in [6.07, 6.45) is 2.05. The Morgan fingerprint density at radius 3 is 2.61 bits per heavy atom. The molecular weight excluding hydrogens is 612 g/mol. The van der Waals surface area contributed by atoms with Crippen LogP contribution in [0.5, 0.6) is 0 Å². The van der Waals surface area contributed by atoms with Crippen molar-refractivity contribution in [2.24, 2.45) is 5.41 Å². The number of aryl methyl sites for hydroxylation is 1. The minimum atomic E-state index is -3.47. The highest BCUT2D eigenvalue weighted by Crippen LogP contribution is 2.57. The zero-order valence-electron chi connectivity index (χ0n) is 25.0. The maximum absolute atomic E-state index is 13.5. The SMILES string of the molecule is Cc1ncc(-c2noc([C@H]3CN(C(=O)C(C)(F)F)[C@@H]3C)n2)cc1NC(=O)c1cnn2ccc(N3CC4(C3)CC(O)(C(F)F)C4)cc12. The molecule has 2 aliphatic heterocycles. The van der Waals surface area contributed by atoms with Crippen molar-refractivity contribution >= 4 is 28.7 Å². The maximum Gasteiger partial charge on any atom is 0.322 e. The van der Waals surface area contributed by atoms with Gasteiger partial charge in [0.2, 0.25) is 11.7 Å². The normalized spacial score (nSPS) is 21.7. The molecule has 1 aliphatic carbocycles. The molecule has 0 unspecified atom stereocenters. The lowest BCUT2D eigenvalue weighted by Crippen LogP contribution is -2.70. The van der Waals surface area contributed by atoms with Crippen molar-refractivity contribution in [3.8, 4) is 11.4 Å². The van der Waals surface area contributed by atoms with E-state index in [9.17, 15) is 32.3 Å². The first-order chi connectivity index (χ1) is 21.7. The van der Waals surface area contributed by atoms with E-state index in [4.69, 9.17) is 4.52 Å². The Morgan fingerprint density at radius 2 is 1.93 bits per heavy atom. The van der Waals surface area contributed by atoms with Crippen molar-refractivity contribution in [3.05, 3.63) is 53.9 Å². The summed E-state index contributed by atoms with van der Waals surface area (Å²) in [7, 11) is 0. The average Bonchev–Trinajstić information content (AvgIpc) is 3.61. The van der Waals surface area contributed by atoms with Crippen molar-refractivity contribution < 1.29 is 36.8 Å². The Bertz CT molecular complexity index is 1860. The highest BCUT2D eigenvalue weighted by Gasteiger charge is 2.63. The smallest absolute Gasteiger partial charge is 0.322 e. The third-order valence-electron chi connectivity index (χ3n) is 9.39. The van der Waals surface area contributed by atoms with E-state index in [0.29, 0.717) is 48.0 Å². The molecule has 0 aromatic carbocycles. The van der Waals surface area contributed by atoms with E-state index >= 15 is 0 Å². The summed E-state index contributed by atoms with van der Waals surface area (Å²) < 4.78 is 60.1. The molecule has 3 aliphatic rings. The fourth-order valence-corrected chi connectivity index (χ4v) is 6.80. The fourth-order valence-electron chi connectivity index (χ4n) is 6.80. The van der Waals surface area contributed by atoms with E-state index in [1.165, 1.54) is 12.4 Å². The molecule has 2 atom stereocenters. The summed E-state index contributed by atoms with van der Waals surface area (Å²) in [6, 6.07) is 4.74. The number of pyridine rings is 2. The third kappa shape index (κ3) is 4.85. The summed E-state index contributed by atoms with van der Waals surface area (Å²) in [5.41, 5.74) is 0.786. The molecule has 0 radical (unpaired) electrons. The fraction of sp³-hybridized carbons (Fsp3) is 0.467. The quantitative estimate of drug-likeness (QED) is 0.287. The molecule has 4 aromatic rings. The number of carbonyl (C=O) groups excluding carboxylic acids is 2. The first kappa shape index (κ1) is 30.1. The molecule has 2 N–H and O–H groups in total. The zero-order valence-corrected chi connectivity index (χ0v) is 25.0. The monoisotopic (exact) mass is 642 g/mol. The number of hydrogen-bond donors (Lipinski definition) is 2. The molecule has 6 heterocycles. The highest BCUT2D eigenvalue weighted by molar-refractivity contribution is 6.09. The Hall–Kier alpha value is -4.60. The van der Waals surface area contributed by atoms with Crippen LogP contribution in [0.2, 0.25) is 0 Å². The third-order valence-corrected chi connectivity index (χ3v) is 9.39. The van der Waals surface area contributed by atoms with Crippen LogP contribution in [-0.2, 0) is 4.79 Å². The first-order valence-electron chi connectivity index (χ1n) is 14.7. The van der Waals surface area contributed by atoms with Gasteiger partial charge in [0.25, 0.3) is 18.2 Å². The lowest BCUT2D eigenvalue weighted by atomic mass is 9.55. The summed E-state index contributed by atoms with van der Waals surface area (Å²) in [6.45, 7) is 5.02. The van der Waals surface area contributed by atoms with Gasteiger partial charge < -0.3 is 24.7 Å². The molecule has 16 heteroatoms. The number of fused-ring (bicyclic) bond motifs is 1. The summed E-state index contributed by atoms with van der Waals surface area (Å²) >= 11 is 0. The Kier molecular flexibility index (Phi) is 6.67. The lowest BCUT2D eigenvalue weighted by molar-refractivity contribution is -0.209. The summed E-state index contributed by atoms with van der Waals surface area (Å²) in [4.78, 5) is 37.2. The van der Waals surface area contributed by atoms with Crippen LogP contribution < -0.4 is 10.2 Å². The van der Waals surface area contributed by atoms with Crippen LogP contribution in [-0.4, -0.2) is 90.2 Å². The van der Waals surface area contributed by atoms with E-state index in [1.54, 1.807) is 30.6 Å². The molecule has 2 saturated heterocycles. The average molecular weight is 643 g/mol. The van der Waals surface area contributed by atoms with Gasteiger partial charge in [-0.25, -0.2) is 13.3 Å². The summed E-state index contributed by atoms with van der Waals surface area (Å²) in [5.74, 6) is -5.18. The molecule has 242 valence electrons. The van der Waals surface area contributed by atoms with Gasteiger partial charge in [-0.05, 0) is 44.9 Å². The van der Waals surface area contributed by atoms with Crippen LogP contribution in [0.3, 0.4) is 0 Å². The van der Waals surface area contributed by atoms with Gasteiger partial charge in [-0.1, -0.05) is 5.16 Å². The van der Waals surface area contributed by atoms with Gasteiger partial charge in [-0.2, -0.15) is 18.9 Å². The van der Waals surface area contributed by atoms with Gasteiger partial charge in [-0.3, -0.25) is 14.6 Å². The number of nitrogens with zero attached hydrogens (tertiary/aromatic N) is 7. The molecule has 4 aromatic heterocycles. The molecular formula is C30H30F4N8O4. The lowest BCUT2D eigenvalue weighted by Gasteiger charge is -2.62. The number of carbonyl (C=O) groups is 2.